The Balaban J connectivity index is 2.31. The van der Waals surface area contributed by atoms with E-state index in [2.05, 4.69) is 15.7 Å². The van der Waals surface area contributed by atoms with Crippen LogP contribution in [0.15, 0.2) is 36.7 Å². The van der Waals surface area contributed by atoms with Crippen molar-refractivity contribution in [3.8, 4) is 0 Å². The first kappa shape index (κ1) is 13.3. The van der Waals surface area contributed by atoms with E-state index < -0.39 is 0 Å². The number of pyridine rings is 1. The maximum atomic E-state index is 12.2. The average molecular weight is 277 g/mol. The lowest BCUT2D eigenvalue weighted by molar-refractivity contribution is 0.102. The molecule has 98 valence electrons. The van der Waals surface area contributed by atoms with Crippen molar-refractivity contribution in [2.24, 2.45) is 5.84 Å². The number of anilines is 2. The summed E-state index contributed by atoms with van der Waals surface area (Å²) in [6.07, 6.45) is 3.00. The molecule has 2 aromatic rings. The number of hydrogen-bond acceptors (Lipinski definition) is 4. The zero-order valence-electron chi connectivity index (χ0n) is 10.3. The molecule has 1 amide bonds. The summed E-state index contributed by atoms with van der Waals surface area (Å²) in [7, 11) is 0. The zero-order chi connectivity index (χ0) is 13.8. The number of carbonyl (C=O) groups excluding carboxylic acids is 1. The van der Waals surface area contributed by atoms with Gasteiger partial charge in [-0.05, 0) is 24.6 Å². The minimum Gasteiger partial charge on any atom is -0.322 e. The van der Waals surface area contributed by atoms with Crippen LogP contribution in [-0.4, -0.2) is 10.9 Å². The lowest BCUT2D eigenvalue weighted by Gasteiger charge is -2.12. The predicted molar refractivity (Wildman–Crippen MR) is 76.2 cm³/mol. The number of rotatable bonds is 3. The molecule has 0 aliphatic carbocycles. The predicted octanol–water partition coefficient (Wildman–Crippen LogP) is 2.58. The number of benzene rings is 1. The standard InChI is InChI=1S/C13H13ClN4O/c1-8-3-2-4-10(14)12(8)17-13(19)9-5-6-16-7-11(9)18-15/h2-7,18H,15H2,1H3,(H,17,19). The number of halogens is 1. The van der Waals surface area contributed by atoms with E-state index in [1.54, 1.807) is 12.1 Å². The number of hydrazine groups is 1. The quantitative estimate of drug-likeness (QED) is 0.595. The Hall–Kier alpha value is -2.11. The first-order valence-corrected chi connectivity index (χ1v) is 5.98. The van der Waals surface area contributed by atoms with Crippen LogP contribution < -0.4 is 16.6 Å². The average Bonchev–Trinajstić information content (AvgIpc) is 2.42. The second-order valence-corrected chi connectivity index (χ2v) is 4.36. The molecule has 0 saturated carbocycles. The van der Waals surface area contributed by atoms with Crippen LogP contribution in [0.5, 0.6) is 0 Å². The van der Waals surface area contributed by atoms with Crippen LogP contribution in [0.25, 0.3) is 0 Å². The molecule has 1 heterocycles. The maximum absolute atomic E-state index is 12.2. The molecule has 1 aromatic heterocycles. The fraction of sp³-hybridized carbons (Fsp3) is 0.0769. The number of carbonyl (C=O) groups is 1. The highest BCUT2D eigenvalue weighted by Gasteiger charge is 2.13. The molecule has 0 atom stereocenters. The maximum Gasteiger partial charge on any atom is 0.257 e. The minimum absolute atomic E-state index is 0.299. The molecule has 0 fully saturated rings. The molecule has 0 aliphatic heterocycles. The molecule has 0 radical (unpaired) electrons. The Bertz CT molecular complexity index is 595. The summed E-state index contributed by atoms with van der Waals surface area (Å²) in [4.78, 5) is 16.1. The van der Waals surface area contributed by atoms with Crippen LogP contribution in [0, 0.1) is 6.92 Å². The second kappa shape index (κ2) is 5.69. The smallest absolute Gasteiger partial charge is 0.257 e. The topological polar surface area (TPSA) is 80.0 Å². The Labute approximate surface area is 115 Å². The van der Waals surface area contributed by atoms with Gasteiger partial charge in [-0.3, -0.25) is 15.6 Å². The summed E-state index contributed by atoms with van der Waals surface area (Å²) in [5.74, 6) is 5.05. The number of amides is 1. The monoisotopic (exact) mass is 276 g/mol. The van der Waals surface area contributed by atoms with E-state index in [4.69, 9.17) is 17.4 Å². The van der Waals surface area contributed by atoms with Crippen LogP contribution in [0.2, 0.25) is 5.02 Å². The van der Waals surface area contributed by atoms with Gasteiger partial charge in [0, 0.05) is 6.20 Å². The van der Waals surface area contributed by atoms with E-state index in [9.17, 15) is 4.79 Å². The zero-order valence-corrected chi connectivity index (χ0v) is 11.0. The van der Waals surface area contributed by atoms with Gasteiger partial charge in [0.1, 0.15) is 0 Å². The summed E-state index contributed by atoms with van der Waals surface area (Å²) in [5.41, 5.74) is 4.76. The van der Waals surface area contributed by atoms with Gasteiger partial charge in [0.25, 0.3) is 5.91 Å². The van der Waals surface area contributed by atoms with Gasteiger partial charge in [-0.2, -0.15) is 0 Å². The summed E-state index contributed by atoms with van der Waals surface area (Å²) in [6, 6.07) is 7.00. The fourth-order valence-electron chi connectivity index (χ4n) is 1.68. The molecule has 0 spiro atoms. The van der Waals surface area contributed by atoms with E-state index in [0.29, 0.717) is 22.0 Å². The molecule has 0 aliphatic rings. The van der Waals surface area contributed by atoms with Gasteiger partial charge < -0.3 is 10.7 Å². The lowest BCUT2D eigenvalue weighted by atomic mass is 10.1. The van der Waals surface area contributed by atoms with Crippen molar-refractivity contribution in [2.75, 3.05) is 10.7 Å². The molecule has 5 nitrogen and oxygen atoms in total. The van der Waals surface area contributed by atoms with Crippen LogP contribution in [0.3, 0.4) is 0 Å². The largest absolute Gasteiger partial charge is 0.322 e. The number of hydrogen-bond donors (Lipinski definition) is 3. The fourth-order valence-corrected chi connectivity index (χ4v) is 1.95. The summed E-state index contributed by atoms with van der Waals surface area (Å²) in [6.45, 7) is 1.87. The molecule has 0 unspecified atom stereocenters. The highest BCUT2D eigenvalue weighted by Crippen LogP contribution is 2.26. The number of aryl methyl sites for hydroxylation is 1. The third-order valence-electron chi connectivity index (χ3n) is 2.68. The molecule has 1 aromatic carbocycles. The Morgan fingerprint density at radius 2 is 2.16 bits per heavy atom. The number of para-hydroxylation sites is 1. The Morgan fingerprint density at radius 3 is 2.84 bits per heavy atom. The van der Waals surface area contributed by atoms with E-state index in [0.717, 1.165) is 5.56 Å². The van der Waals surface area contributed by atoms with Crippen molar-refractivity contribution < 1.29 is 4.79 Å². The van der Waals surface area contributed by atoms with Crippen molar-refractivity contribution in [3.63, 3.8) is 0 Å². The molecular formula is C13H13ClN4O. The minimum atomic E-state index is -0.299. The van der Waals surface area contributed by atoms with Crippen molar-refractivity contribution in [1.29, 1.82) is 0 Å². The molecular weight excluding hydrogens is 264 g/mol. The van der Waals surface area contributed by atoms with Crippen molar-refractivity contribution in [3.05, 3.63) is 52.8 Å². The highest BCUT2D eigenvalue weighted by atomic mass is 35.5. The Kier molecular flexibility index (Phi) is 3.99. The van der Waals surface area contributed by atoms with Crippen molar-refractivity contribution >= 4 is 28.9 Å². The molecule has 0 saturated heterocycles. The van der Waals surface area contributed by atoms with Crippen molar-refractivity contribution in [1.82, 2.24) is 4.98 Å². The third-order valence-corrected chi connectivity index (χ3v) is 3.00. The molecule has 4 N–H and O–H groups in total. The number of aromatic nitrogens is 1. The van der Waals surface area contributed by atoms with E-state index in [-0.39, 0.29) is 5.91 Å². The molecule has 2 rings (SSSR count). The summed E-state index contributed by atoms with van der Waals surface area (Å²) >= 11 is 6.07. The number of nitrogens with one attached hydrogen (secondary N) is 2. The van der Waals surface area contributed by atoms with Gasteiger partial charge in [-0.25, -0.2) is 0 Å². The van der Waals surface area contributed by atoms with Crippen molar-refractivity contribution in [2.45, 2.75) is 6.92 Å². The molecule has 19 heavy (non-hydrogen) atoms. The van der Waals surface area contributed by atoms with E-state index >= 15 is 0 Å². The first-order chi connectivity index (χ1) is 9.13. The molecule has 6 heteroatoms. The number of nitrogens with two attached hydrogens (primary N) is 1. The van der Waals surface area contributed by atoms with Crippen LogP contribution in [-0.2, 0) is 0 Å². The summed E-state index contributed by atoms with van der Waals surface area (Å²) < 4.78 is 0. The van der Waals surface area contributed by atoms with Crippen LogP contribution in [0.4, 0.5) is 11.4 Å². The summed E-state index contributed by atoms with van der Waals surface area (Å²) in [5, 5.41) is 3.27. The Morgan fingerprint density at radius 1 is 1.37 bits per heavy atom. The number of nitrogen functional groups attached to an aromatic ring is 1. The highest BCUT2D eigenvalue weighted by molar-refractivity contribution is 6.34. The normalized spacial score (nSPS) is 10.1. The van der Waals surface area contributed by atoms with E-state index in [1.807, 2.05) is 19.1 Å². The van der Waals surface area contributed by atoms with Crippen LogP contribution in [0.1, 0.15) is 15.9 Å². The van der Waals surface area contributed by atoms with Gasteiger partial charge >= 0.3 is 0 Å². The third kappa shape index (κ3) is 2.83. The van der Waals surface area contributed by atoms with Gasteiger partial charge in [-0.1, -0.05) is 23.7 Å². The van der Waals surface area contributed by atoms with E-state index in [1.165, 1.54) is 12.4 Å². The number of nitrogens with zero attached hydrogens (tertiary/aromatic N) is 1. The van der Waals surface area contributed by atoms with Gasteiger partial charge in [0.15, 0.2) is 0 Å². The second-order valence-electron chi connectivity index (χ2n) is 3.95. The van der Waals surface area contributed by atoms with Gasteiger partial charge in [0.2, 0.25) is 0 Å². The van der Waals surface area contributed by atoms with Gasteiger partial charge in [0.05, 0.1) is 28.2 Å². The van der Waals surface area contributed by atoms with Crippen LogP contribution >= 0.6 is 11.6 Å². The molecule has 0 bridgehead atoms. The SMILES string of the molecule is Cc1cccc(Cl)c1NC(=O)c1ccncc1NN. The van der Waals surface area contributed by atoms with Gasteiger partial charge in [-0.15, -0.1) is 0 Å². The lowest BCUT2D eigenvalue weighted by Crippen LogP contribution is -2.18. The first-order valence-electron chi connectivity index (χ1n) is 5.60.